The summed E-state index contributed by atoms with van der Waals surface area (Å²) in [6, 6.07) is 10.7. The third-order valence-electron chi connectivity index (χ3n) is 7.07. The Hall–Kier alpha value is -2.50. The molecule has 8 heteroatoms. The number of alkyl halides is 1. The van der Waals surface area contributed by atoms with Crippen molar-refractivity contribution in [2.45, 2.75) is 56.7 Å². The van der Waals surface area contributed by atoms with E-state index in [4.69, 9.17) is 9.72 Å². The zero-order valence-electron chi connectivity index (χ0n) is 18.8. The highest BCUT2D eigenvalue weighted by molar-refractivity contribution is 7.15. The molecule has 1 aromatic heterocycles. The average molecular weight is 469 g/mol. The van der Waals surface area contributed by atoms with E-state index < -0.39 is 17.6 Å². The first kappa shape index (κ1) is 22.3. The molecule has 0 spiro atoms. The number of nitriles is 1. The maximum absolute atomic E-state index is 14.4. The quantitative estimate of drug-likeness (QED) is 0.706. The number of ether oxygens (including phenoxy) is 1. The summed E-state index contributed by atoms with van der Waals surface area (Å²) in [6.45, 7) is 5.24. The van der Waals surface area contributed by atoms with Crippen LogP contribution in [-0.2, 0) is 9.53 Å². The first-order valence-electron chi connectivity index (χ1n) is 11.8. The third kappa shape index (κ3) is 4.62. The van der Waals surface area contributed by atoms with Crippen molar-refractivity contribution in [3.63, 3.8) is 0 Å². The van der Waals surface area contributed by atoms with Crippen LogP contribution in [0.4, 0.5) is 10.1 Å². The van der Waals surface area contributed by atoms with Crippen LogP contribution in [0.1, 0.15) is 48.7 Å². The van der Waals surface area contributed by atoms with Crippen LogP contribution >= 0.6 is 11.3 Å². The monoisotopic (exact) mass is 468 g/mol. The second kappa shape index (κ2) is 9.03. The van der Waals surface area contributed by atoms with Gasteiger partial charge in [0.2, 0.25) is 5.91 Å². The van der Waals surface area contributed by atoms with Crippen LogP contribution in [0.5, 0.6) is 0 Å². The highest BCUT2D eigenvalue weighted by Crippen LogP contribution is 2.45. The number of carbonyl (C=O) groups excluding carboxylic acids is 1. The Morgan fingerprint density at radius 2 is 2.00 bits per heavy atom. The topological polar surface area (TPSA) is 78.2 Å². The summed E-state index contributed by atoms with van der Waals surface area (Å²) >= 11 is 1.62. The normalized spacial score (nSPS) is 26.5. The summed E-state index contributed by atoms with van der Waals surface area (Å²) in [5.74, 6) is -0.863. The number of nitrogens with one attached hydrogen (secondary N) is 1. The number of halogens is 1. The van der Waals surface area contributed by atoms with E-state index in [1.165, 1.54) is 5.69 Å². The number of aryl methyl sites for hydroxylation is 1. The molecule has 174 valence electrons. The summed E-state index contributed by atoms with van der Waals surface area (Å²) in [6.07, 6.45) is 1.55. The van der Waals surface area contributed by atoms with Gasteiger partial charge in [-0.15, -0.1) is 11.3 Å². The zero-order valence-corrected chi connectivity index (χ0v) is 19.7. The Labute approximate surface area is 197 Å². The summed E-state index contributed by atoms with van der Waals surface area (Å²) in [5, 5.41) is 13.2. The molecule has 0 radical (unpaired) electrons. The molecule has 3 fully saturated rings. The fourth-order valence-electron chi connectivity index (χ4n) is 5.00. The van der Waals surface area contributed by atoms with Gasteiger partial charge in [-0.05, 0) is 56.7 Å². The summed E-state index contributed by atoms with van der Waals surface area (Å²) in [7, 11) is 0. The molecule has 1 aromatic carbocycles. The molecular weight excluding hydrogens is 439 g/mol. The first-order valence-corrected chi connectivity index (χ1v) is 12.6. The maximum atomic E-state index is 14.4. The molecule has 3 unspecified atom stereocenters. The van der Waals surface area contributed by atoms with E-state index >= 15 is 0 Å². The molecular formula is C25H29FN4O2S. The molecule has 3 aliphatic rings. The van der Waals surface area contributed by atoms with Gasteiger partial charge in [0.1, 0.15) is 11.7 Å². The second-order valence-electron chi connectivity index (χ2n) is 9.40. The minimum atomic E-state index is -0.995. The highest BCUT2D eigenvalue weighted by Gasteiger charge is 2.48. The van der Waals surface area contributed by atoms with Gasteiger partial charge in [0.25, 0.3) is 0 Å². The van der Waals surface area contributed by atoms with Gasteiger partial charge in [-0.3, -0.25) is 4.79 Å². The predicted octanol–water partition coefficient (Wildman–Crippen LogP) is 4.35. The van der Waals surface area contributed by atoms with Crippen molar-refractivity contribution in [2.24, 2.45) is 5.92 Å². The zero-order chi connectivity index (χ0) is 23.0. The van der Waals surface area contributed by atoms with Crippen LogP contribution in [0.15, 0.2) is 24.3 Å². The number of morpholine rings is 1. The van der Waals surface area contributed by atoms with Gasteiger partial charge >= 0.3 is 0 Å². The largest absolute Gasteiger partial charge is 0.378 e. The van der Waals surface area contributed by atoms with Gasteiger partial charge in [0.15, 0.2) is 0 Å². The third-order valence-corrected chi connectivity index (χ3v) is 8.10. The van der Waals surface area contributed by atoms with Gasteiger partial charge in [-0.2, -0.15) is 5.26 Å². The maximum Gasteiger partial charge on any atom is 0.225 e. The molecule has 1 aliphatic heterocycles. The van der Waals surface area contributed by atoms with Crippen LogP contribution in [0.25, 0.3) is 10.4 Å². The van der Waals surface area contributed by atoms with E-state index in [1.807, 2.05) is 6.92 Å². The molecule has 2 heterocycles. The van der Waals surface area contributed by atoms with Crippen molar-refractivity contribution in [3.8, 4) is 16.5 Å². The fourth-order valence-corrected chi connectivity index (χ4v) is 6.00. The number of benzene rings is 1. The predicted molar refractivity (Wildman–Crippen MR) is 126 cm³/mol. The molecule has 2 aromatic rings. The standard InChI is InChI=1S/C25H29FN4O2S/c1-16-28-22(20-7-4-18(26)14-21(20)24(31)29-25(15-27)8-9-25)23(33-16)17-2-5-19(6-3-17)30-10-12-32-13-11-30/h2-3,5-6,18,20-21H,4,7-14H2,1H3,(H,29,31). The summed E-state index contributed by atoms with van der Waals surface area (Å²) in [4.78, 5) is 21.4. The number of carbonyl (C=O) groups is 1. The Morgan fingerprint density at radius 3 is 2.67 bits per heavy atom. The lowest BCUT2D eigenvalue weighted by Gasteiger charge is -2.32. The van der Waals surface area contributed by atoms with Crippen molar-refractivity contribution < 1.29 is 13.9 Å². The number of amides is 1. The number of anilines is 1. The molecule has 1 saturated heterocycles. The van der Waals surface area contributed by atoms with Crippen LogP contribution < -0.4 is 10.2 Å². The van der Waals surface area contributed by atoms with Crippen molar-refractivity contribution >= 4 is 22.9 Å². The van der Waals surface area contributed by atoms with E-state index in [2.05, 4.69) is 40.6 Å². The van der Waals surface area contributed by atoms with Crippen LogP contribution in [-0.4, -0.2) is 48.9 Å². The number of hydrogen-bond donors (Lipinski definition) is 1. The molecule has 2 saturated carbocycles. The smallest absolute Gasteiger partial charge is 0.225 e. The molecule has 0 bridgehead atoms. The van der Waals surface area contributed by atoms with Crippen molar-refractivity contribution in [2.75, 3.05) is 31.2 Å². The van der Waals surface area contributed by atoms with E-state index in [0.717, 1.165) is 47.4 Å². The number of nitrogens with zero attached hydrogens (tertiary/aromatic N) is 3. The van der Waals surface area contributed by atoms with Gasteiger partial charge in [0.05, 0.1) is 34.9 Å². The van der Waals surface area contributed by atoms with E-state index in [9.17, 15) is 14.4 Å². The summed E-state index contributed by atoms with van der Waals surface area (Å²) < 4.78 is 19.8. The Morgan fingerprint density at radius 1 is 1.27 bits per heavy atom. The molecule has 33 heavy (non-hydrogen) atoms. The van der Waals surface area contributed by atoms with E-state index in [1.54, 1.807) is 11.3 Å². The fraction of sp³-hybridized carbons (Fsp3) is 0.560. The first-order chi connectivity index (χ1) is 16.0. The van der Waals surface area contributed by atoms with Crippen LogP contribution in [0.2, 0.25) is 0 Å². The van der Waals surface area contributed by atoms with Crippen molar-refractivity contribution in [1.29, 1.82) is 5.26 Å². The molecule has 3 atom stereocenters. The lowest BCUT2D eigenvalue weighted by Crippen LogP contribution is -2.44. The second-order valence-corrected chi connectivity index (χ2v) is 10.6. The SMILES string of the molecule is Cc1nc(C2CCC(F)CC2C(=O)NC2(C#N)CC2)c(-c2ccc(N3CCOCC3)cc2)s1. The molecule has 6 nitrogen and oxygen atoms in total. The number of thiazole rings is 1. The molecule has 5 rings (SSSR count). The average Bonchev–Trinajstić information content (AvgIpc) is 3.51. The number of aromatic nitrogens is 1. The van der Waals surface area contributed by atoms with Crippen molar-refractivity contribution in [3.05, 3.63) is 35.0 Å². The van der Waals surface area contributed by atoms with Crippen molar-refractivity contribution in [1.82, 2.24) is 10.3 Å². The van der Waals surface area contributed by atoms with Crippen LogP contribution in [0, 0.1) is 24.2 Å². The molecule has 1 N–H and O–H groups in total. The van der Waals surface area contributed by atoms with Gasteiger partial charge in [-0.25, -0.2) is 9.37 Å². The minimum Gasteiger partial charge on any atom is -0.378 e. The molecule has 1 amide bonds. The lowest BCUT2D eigenvalue weighted by atomic mass is 9.75. The van der Waals surface area contributed by atoms with Gasteiger partial charge < -0.3 is 15.0 Å². The van der Waals surface area contributed by atoms with Crippen LogP contribution in [0.3, 0.4) is 0 Å². The van der Waals surface area contributed by atoms with E-state index in [-0.39, 0.29) is 18.2 Å². The Bertz CT molecular complexity index is 1050. The Kier molecular flexibility index (Phi) is 6.11. The highest BCUT2D eigenvalue weighted by atomic mass is 32.1. The molecule has 2 aliphatic carbocycles. The lowest BCUT2D eigenvalue weighted by molar-refractivity contribution is -0.128. The van der Waals surface area contributed by atoms with Gasteiger partial charge in [0, 0.05) is 30.6 Å². The van der Waals surface area contributed by atoms with E-state index in [0.29, 0.717) is 25.7 Å². The van der Waals surface area contributed by atoms with Gasteiger partial charge in [-0.1, -0.05) is 12.1 Å². The minimum absolute atomic E-state index is 0.148. The number of hydrogen-bond acceptors (Lipinski definition) is 6. The Balaban J connectivity index is 1.42. The summed E-state index contributed by atoms with van der Waals surface area (Å²) in [5.41, 5.74) is 2.39. The number of rotatable bonds is 5.